The monoisotopic (exact) mass is 390 g/mol. The van der Waals surface area contributed by atoms with E-state index in [1.165, 1.54) is 6.07 Å². The Hall–Kier alpha value is -2.44. The van der Waals surface area contributed by atoms with Crippen LogP contribution >= 0.6 is 0 Å². The quantitative estimate of drug-likeness (QED) is 0.809. The Labute approximate surface area is 164 Å². The van der Waals surface area contributed by atoms with Crippen LogP contribution in [-0.2, 0) is 20.9 Å². The summed E-state index contributed by atoms with van der Waals surface area (Å²) >= 11 is 0. The minimum atomic E-state index is -0.820. The van der Waals surface area contributed by atoms with Gasteiger partial charge in [-0.3, -0.25) is 14.4 Å². The normalized spacial score (nSPS) is 22.9. The van der Waals surface area contributed by atoms with Gasteiger partial charge in [0.1, 0.15) is 5.82 Å². The Bertz CT molecular complexity index is 759. The largest absolute Gasteiger partial charge is 0.481 e. The van der Waals surface area contributed by atoms with Gasteiger partial charge in [-0.15, -0.1) is 0 Å². The maximum Gasteiger partial charge on any atom is 0.306 e. The maximum atomic E-state index is 13.6. The topological polar surface area (TPSA) is 86.7 Å². The molecule has 1 saturated heterocycles. The lowest BCUT2D eigenvalue weighted by Gasteiger charge is -2.33. The third kappa shape index (κ3) is 4.69. The summed E-state index contributed by atoms with van der Waals surface area (Å²) in [6.45, 7) is 3.02. The first-order valence-corrected chi connectivity index (χ1v) is 9.89. The van der Waals surface area contributed by atoms with Gasteiger partial charge >= 0.3 is 5.97 Å². The Morgan fingerprint density at radius 2 is 1.79 bits per heavy atom. The molecule has 28 heavy (non-hydrogen) atoms. The number of carboxylic acid groups (broad SMARTS) is 1. The molecule has 0 bridgehead atoms. The van der Waals surface area contributed by atoms with Crippen LogP contribution in [0.25, 0.3) is 0 Å². The molecule has 1 heterocycles. The van der Waals surface area contributed by atoms with Crippen LogP contribution in [0.2, 0.25) is 0 Å². The molecular formula is C21H27FN2O4. The zero-order valence-corrected chi connectivity index (χ0v) is 16.1. The van der Waals surface area contributed by atoms with E-state index in [0.717, 1.165) is 5.56 Å². The summed E-state index contributed by atoms with van der Waals surface area (Å²) in [5, 5.41) is 11.9. The number of hydrogen-bond acceptors (Lipinski definition) is 3. The molecule has 1 aromatic carbocycles. The molecule has 1 aliphatic heterocycles. The number of halogens is 1. The molecule has 1 saturated carbocycles. The number of piperidine rings is 1. The van der Waals surface area contributed by atoms with Gasteiger partial charge in [-0.2, -0.15) is 0 Å². The van der Waals surface area contributed by atoms with Crippen LogP contribution in [0, 0.1) is 30.5 Å². The van der Waals surface area contributed by atoms with E-state index in [1.807, 2.05) is 0 Å². The number of carbonyl (C=O) groups excluding carboxylic acids is 2. The Kier molecular flexibility index (Phi) is 6.31. The number of carboxylic acids is 1. The first kappa shape index (κ1) is 20.3. The molecule has 2 amide bonds. The highest BCUT2D eigenvalue weighted by Gasteiger charge is 2.37. The van der Waals surface area contributed by atoms with E-state index in [1.54, 1.807) is 24.0 Å². The lowest BCUT2D eigenvalue weighted by atomic mass is 9.94. The van der Waals surface area contributed by atoms with E-state index < -0.39 is 11.9 Å². The van der Waals surface area contributed by atoms with Gasteiger partial charge in [-0.05, 0) is 56.2 Å². The minimum Gasteiger partial charge on any atom is -0.481 e. The van der Waals surface area contributed by atoms with Crippen LogP contribution in [0.3, 0.4) is 0 Å². The number of carbonyl (C=O) groups is 3. The Morgan fingerprint density at radius 1 is 1.11 bits per heavy atom. The minimum absolute atomic E-state index is 0.0257. The molecule has 2 aliphatic rings. The number of hydrogen-bond donors (Lipinski definition) is 2. The second-order valence-corrected chi connectivity index (χ2v) is 7.95. The number of likely N-dealkylation sites (tertiary alicyclic amines) is 1. The van der Waals surface area contributed by atoms with Crippen LogP contribution in [0.5, 0.6) is 0 Å². The first-order chi connectivity index (χ1) is 13.3. The molecule has 1 aliphatic carbocycles. The molecule has 6 nitrogen and oxygen atoms in total. The maximum absolute atomic E-state index is 13.6. The second kappa shape index (κ2) is 8.71. The van der Waals surface area contributed by atoms with Crippen molar-refractivity contribution in [3.05, 3.63) is 35.1 Å². The van der Waals surface area contributed by atoms with Crippen LogP contribution in [0.4, 0.5) is 4.39 Å². The number of nitrogens with one attached hydrogen (secondary N) is 1. The number of aliphatic carboxylic acids is 1. The third-order valence-corrected chi connectivity index (χ3v) is 6.01. The summed E-state index contributed by atoms with van der Waals surface area (Å²) in [4.78, 5) is 37.9. The van der Waals surface area contributed by atoms with Crippen LogP contribution in [0.1, 0.15) is 43.2 Å². The van der Waals surface area contributed by atoms with Crippen LogP contribution in [0.15, 0.2) is 18.2 Å². The van der Waals surface area contributed by atoms with Crippen molar-refractivity contribution >= 4 is 17.8 Å². The average Bonchev–Trinajstić information content (AvgIpc) is 3.19. The highest BCUT2D eigenvalue weighted by molar-refractivity contribution is 5.82. The van der Waals surface area contributed by atoms with Crippen molar-refractivity contribution in [2.24, 2.45) is 17.8 Å². The number of rotatable bonds is 5. The first-order valence-electron chi connectivity index (χ1n) is 9.89. The molecular weight excluding hydrogens is 363 g/mol. The van der Waals surface area contributed by atoms with E-state index in [4.69, 9.17) is 5.11 Å². The van der Waals surface area contributed by atoms with E-state index in [2.05, 4.69) is 5.32 Å². The molecule has 2 atom stereocenters. The van der Waals surface area contributed by atoms with Crippen LogP contribution in [-0.4, -0.2) is 40.9 Å². The number of amides is 2. The second-order valence-electron chi connectivity index (χ2n) is 7.95. The van der Waals surface area contributed by atoms with Crippen LogP contribution < -0.4 is 5.32 Å². The average molecular weight is 390 g/mol. The summed E-state index contributed by atoms with van der Waals surface area (Å²) in [5.41, 5.74) is 1.29. The standard InChI is InChI=1S/C21H27FN2O4/c1-13-2-3-14(10-18(13)22)12-23-19(25)15-6-8-24(9-7-15)20(26)16-4-5-17(11-16)21(27)28/h2-3,10,15-17H,4-9,11-12H2,1H3,(H,23,25)(H,27,28)/t16-,17+/m1/s1. The molecule has 0 radical (unpaired) electrons. The highest BCUT2D eigenvalue weighted by atomic mass is 19.1. The van der Waals surface area contributed by atoms with E-state index in [0.29, 0.717) is 50.8 Å². The Morgan fingerprint density at radius 3 is 2.39 bits per heavy atom. The fourth-order valence-electron chi connectivity index (χ4n) is 4.13. The molecule has 152 valence electrons. The molecule has 7 heteroatoms. The van der Waals surface area contributed by atoms with Crippen molar-refractivity contribution in [1.82, 2.24) is 10.2 Å². The fourth-order valence-corrected chi connectivity index (χ4v) is 4.13. The van der Waals surface area contributed by atoms with E-state index in [-0.39, 0.29) is 36.0 Å². The zero-order valence-electron chi connectivity index (χ0n) is 16.1. The number of nitrogens with zero attached hydrogens (tertiary/aromatic N) is 1. The van der Waals surface area contributed by atoms with Crippen molar-refractivity contribution in [1.29, 1.82) is 0 Å². The van der Waals surface area contributed by atoms with Gasteiger partial charge < -0.3 is 15.3 Å². The predicted molar refractivity (Wildman–Crippen MR) is 101 cm³/mol. The van der Waals surface area contributed by atoms with Crippen molar-refractivity contribution in [2.45, 2.75) is 45.6 Å². The van der Waals surface area contributed by atoms with Crippen molar-refractivity contribution in [3.63, 3.8) is 0 Å². The molecule has 0 unspecified atom stereocenters. The summed E-state index contributed by atoms with van der Waals surface area (Å²) in [5.74, 6) is -1.92. The molecule has 0 spiro atoms. The molecule has 2 N–H and O–H groups in total. The summed E-state index contributed by atoms with van der Waals surface area (Å²) in [7, 11) is 0. The van der Waals surface area contributed by atoms with Gasteiger partial charge in [0.05, 0.1) is 5.92 Å². The van der Waals surface area contributed by atoms with Gasteiger partial charge in [-0.1, -0.05) is 12.1 Å². The molecule has 2 fully saturated rings. The third-order valence-electron chi connectivity index (χ3n) is 6.01. The smallest absolute Gasteiger partial charge is 0.306 e. The summed E-state index contributed by atoms with van der Waals surface area (Å²) in [6.07, 6.45) is 2.79. The van der Waals surface area contributed by atoms with E-state index >= 15 is 0 Å². The number of benzene rings is 1. The predicted octanol–water partition coefficient (Wildman–Crippen LogP) is 2.49. The van der Waals surface area contributed by atoms with Gasteiger partial charge in [0.15, 0.2) is 0 Å². The van der Waals surface area contributed by atoms with Gasteiger partial charge in [-0.25, -0.2) is 4.39 Å². The van der Waals surface area contributed by atoms with Crippen molar-refractivity contribution < 1.29 is 23.9 Å². The van der Waals surface area contributed by atoms with E-state index in [9.17, 15) is 18.8 Å². The van der Waals surface area contributed by atoms with Gasteiger partial charge in [0.2, 0.25) is 11.8 Å². The number of aryl methyl sites for hydroxylation is 1. The lowest BCUT2D eigenvalue weighted by Crippen LogP contribution is -2.44. The van der Waals surface area contributed by atoms with Crippen molar-refractivity contribution in [3.8, 4) is 0 Å². The summed E-state index contributed by atoms with van der Waals surface area (Å²) < 4.78 is 13.6. The lowest BCUT2D eigenvalue weighted by molar-refractivity contribution is -0.142. The van der Waals surface area contributed by atoms with Gasteiger partial charge in [0.25, 0.3) is 0 Å². The molecule has 0 aromatic heterocycles. The molecule has 3 rings (SSSR count). The Balaban J connectivity index is 1.44. The highest BCUT2D eigenvalue weighted by Crippen LogP contribution is 2.33. The van der Waals surface area contributed by atoms with Crippen molar-refractivity contribution in [2.75, 3.05) is 13.1 Å². The van der Waals surface area contributed by atoms with Gasteiger partial charge in [0, 0.05) is 31.5 Å². The fraction of sp³-hybridized carbons (Fsp3) is 0.571. The zero-order chi connectivity index (χ0) is 20.3. The SMILES string of the molecule is Cc1ccc(CNC(=O)C2CCN(C(=O)[C@@H]3CC[C@H](C(=O)O)C3)CC2)cc1F. The summed E-state index contributed by atoms with van der Waals surface area (Å²) in [6, 6.07) is 4.92. The molecule has 1 aromatic rings.